The number of carboxylic acids is 1. The maximum Gasteiger partial charge on any atom is 0.328 e. The molecule has 0 saturated carbocycles. The maximum atomic E-state index is 10.6. The van der Waals surface area contributed by atoms with Crippen molar-refractivity contribution in [1.82, 2.24) is 0 Å². The quantitative estimate of drug-likeness (QED) is 0.789. The number of carbonyl (C=O) groups is 1. The van der Waals surface area contributed by atoms with Crippen molar-refractivity contribution in [3.8, 4) is 0 Å². The Hall–Kier alpha value is -1.57. The fourth-order valence-electron chi connectivity index (χ4n) is 2.01. The zero-order chi connectivity index (χ0) is 12.8. The number of hydrogen-bond donors (Lipinski definition) is 1. The Morgan fingerprint density at radius 2 is 1.65 bits per heavy atom. The summed E-state index contributed by atoms with van der Waals surface area (Å²) in [5.41, 5.74) is 4.87. The van der Waals surface area contributed by atoms with E-state index >= 15 is 0 Å². The zero-order valence-electron chi connectivity index (χ0n) is 10.8. The molecule has 0 spiro atoms. The minimum atomic E-state index is -0.895. The van der Waals surface area contributed by atoms with Crippen molar-refractivity contribution >= 4 is 12.0 Å². The Balaban J connectivity index is 3.29. The van der Waals surface area contributed by atoms with Gasteiger partial charge in [-0.25, -0.2) is 4.79 Å². The van der Waals surface area contributed by atoms with Gasteiger partial charge in [-0.2, -0.15) is 0 Å². The summed E-state index contributed by atoms with van der Waals surface area (Å²) in [5, 5.41) is 8.72. The minimum absolute atomic E-state index is 0.895. The molecule has 0 amide bonds. The van der Waals surface area contributed by atoms with Crippen LogP contribution in [0.3, 0.4) is 0 Å². The lowest BCUT2D eigenvalue weighted by atomic mass is 9.93. The van der Waals surface area contributed by atoms with Crippen LogP contribution in [0.25, 0.3) is 6.08 Å². The van der Waals surface area contributed by atoms with Gasteiger partial charge < -0.3 is 5.11 Å². The predicted octanol–water partition coefficient (Wildman–Crippen LogP) is 3.47. The molecule has 0 fully saturated rings. The van der Waals surface area contributed by atoms with Gasteiger partial charge in [0.1, 0.15) is 0 Å². The highest BCUT2D eigenvalue weighted by Gasteiger charge is 2.06. The largest absolute Gasteiger partial charge is 0.478 e. The molecule has 1 aromatic rings. The van der Waals surface area contributed by atoms with Crippen molar-refractivity contribution in [2.75, 3.05) is 0 Å². The maximum absolute atomic E-state index is 10.6. The van der Waals surface area contributed by atoms with Crippen LogP contribution < -0.4 is 0 Å². The van der Waals surface area contributed by atoms with E-state index in [2.05, 4.69) is 32.9 Å². The van der Waals surface area contributed by atoms with E-state index in [1.54, 1.807) is 6.08 Å². The first-order chi connectivity index (χ1) is 8.12. The Labute approximate surface area is 103 Å². The highest BCUT2D eigenvalue weighted by atomic mass is 16.4. The fraction of sp³-hybridized carbons (Fsp3) is 0.400. The Bertz CT molecular complexity index is 406. The molecule has 0 aliphatic carbocycles. The summed E-state index contributed by atoms with van der Waals surface area (Å²) >= 11 is 0. The molecule has 2 nitrogen and oxygen atoms in total. The molecule has 0 aromatic heterocycles. The first-order valence-corrected chi connectivity index (χ1v) is 6.18. The lowest BCUT2D eigenvalue weighted by Gasteiger charge is -2.12. The summed E-state index contributed by atoms with van der Waals surface area (Å²) in [6, 6.07) is 4.36. The van der Waals surface area contributed by atoms with Crippen molar-refractivity contribution in [2.45, 2.75) is 40.0 Å². The SMILES string of the molecule is CCc1cc(CC)c(/C=C/C(=O)O)c(CC)c1. The van der Waals surface area contributed by atoms with Crippen LogP contribution in [0.5, 0.6) is 0 Å². The number of hydrogen-bond acceptors (Lipinski definition) is 1. The number of rotatable bonds is 5. The van der Waals surface area contributed by atoms with E-state index in [0.717, 1.165) is 24.8 Å². The summed E-state index contributed by atoms with van der Waals surface area (Å²) in [5.74, 6) is -0.895. The summed E-state index contributed by atoms with van der Waals surface area (Å²) in [4.78, 5) is 10.6. The number of benzene rings is 1. The third kappa shape index (κ3) is 3.45. The third-order valence-electron chi connectivity index (χ3n) is 2.97. The summed E-state index contributed by atoms with van der Waals surface area (Å²) in [6.07, 6.45) is 5.82. The van der Waals surface area contributed by atoms with Gasteiger partial charge in [0.15, 0.2) is 0 Å². The molecule has 17 heavy (non-hydrogen) atoms. The number of carboxylic acid groups (broad SMARTS) is 1. The van der Waals surface area contributed by atoms with Gasteiger partial charge in [0.05, 0.1) is 0 Å². The van der Waals surface area contributed by atoms with Crippen LogP contribution in [0.4, 0.5) is 0 Å². The first-order valence-electron chi connectivity index (χ1n) is 6.18. The molecule has 0 aliphatic heterocycles. The molecule has 1 rings (SSSR count). The molecule has 0 unspecified atom stereocenters. The second kappa shape index (κ2) is 6.24. The monoisotopic (exact) mass is 232 g/mol. The van der Waals surface area contributed by atoms with Crippen LogP contribution in [-0.4, -0.2) is 11.1 Å². The van der Waals surface area contributed by atoms with Gasteiger partial charge >= 0.3 is 5.97 Å². The number of aliphatic carboxylic acids is 1. The average Bonchev–Trinajstić information content (AvgIpc) is 2.34. The Morgan fingerprint density at radius 1 is 1.12 bits per heavy atom. The van der Waals surface area contributed by atoms with Crippen molar-refractivity contribution in [3.05, 3.63) is 40.5 Å². The normalized spacial score (nSPS) is 11.0. The van der Waals surface area contributed by atoms with E-state index in [1.165, 1.54) is 22.8 Å². The van der Waals surface area contributed by atoms with Gasteiger partial charge in [-0.3, -0.25) is 0 Å². The predicted molar refractivity (Wildman–Crippen MR) is 71.2 cm³/mol. The van der Waals surface area contributed by atoms with Crippen LogP contribution in [0.2, 0.25) is 0 Å². The molecule has 2 heteroatoms. The van der Waals surface area contributed by atoms with Crippen molar-refractivity contribution in [1.29, 1.82) is 0 Å². The smallest absolute Gasteiger partial charge is 0.328 e. The van der Waals surface area contributed by atoms with E-state index < -0.39 is 5.97 Å². The highest BCUT2D eigenvalue weighted by molar-refractivity contribution is 5.86. The molecular formula is C15H20O2. The van der Waals surface area contributed by atoms with Crippen LogP contribution in [0, 0.1) is 0 Å². The second-order valence-corrected chi connectivity index (χ2v) is 4.06. The molecule has 0 bridgehead atoms. The van der Waals surface area contributed by atoms with Crippen molar-refractivity contribution in [3.63, 3.8) is 0 Å². The van der Waals surface area contributed by atoms with E-state index in [-0.39, 0.29) is 0 Å². The summed E-state index contributed by atoms with van der Waals surface area (Å²) < 4.78 is 0. The molecular weight excluding hydrogens is 212 g/mol. The molecule has 1 N–H and O–H groups in total. The van der Waals surface area contributed by atoms with E-state index in [4.69, 9.17) is 5.11 Å². The molecule has 0 radical (unpaired) electrons. The topological polar surface area (TPSA) is 37.3 Å². The lowest BCUT2D eigenvalue weighted by Crippen LogP contribution is -1.98. The van der Waals surface area contributed by atoms with E-state index in [9.17, 15) is 4.79 Å². The zero-order valence-corrected chi connectivity index (χ0v) is 10.8. The van der Waals surface area contributed by atoms with Crippen molar-refractivity contribution < 1.29 is 9.90 Å². The van der Waals surface area contributed by atoms with Gasteiger partial charge in [0.2, 0.25) is 0 Å². The van der Waals surface area contributed by atoms with Crippen LogP contribution in [-0.2, 0) is 24.1 Å². The Kier molecular flexibility index (Phi) is 4.95. The molecule has 0 aliphatic rings. The molecule has 92 valence electrons. The van der Waals surface area contributed by atoms with E-state index in [0.29, 0.717) is 0 Å². The molecule has 0 atom stereocenters. The third-order valence-corrected chi connectivity index (χ3v) is 2.97. The number of aryl methyl sites for hydroxylation is 3. The standard InChI is InChI=1S/C15H20O2/c1-4-11-9-12(5-2)14(7-8-15(16)17)13(6-3)10-11/h7-10H,4-6H2,1-3H3,(H,16,17)/b8-7+. The molecule has 0 heterocycles. The van der Waals surface area contributed by atoms with Gasteiger partial charge in [0.25, 0.3) is 0 Å². The first kappa shape index (κ1) is 13.5. The Morgan fingerprint density at radius 3 is 2.00 bits per heavy atom. The molecule has 1 aromatic carbocycles. The average molecular weight is 232 g/mol. The van der Waals surface area contributed by atoms with Gasteiger partial charge in [0, 0.05) is 6.08 Å². The van der Waals surface area contributed by atoms with Gasteiger partial charge in [-0.1, -0.05) is 32.9 Å². The van der Waals surface area contributed by atoms with Crippen molar-refractivity contribution in [2.24, 2.45) is 0 Å². The minimum Gasteiger partial charge on any atom is -0.478 e. The summed E-state index contributed by atoms with van der Waals surface area (Å²) in [6.45, 7) is 6.35. The van der Waals surface area contributed by atoms with Crippen LogP contribution >= 0.6 is 0 Å². The fourth-order valence-corrected chi connectivity index (χ4v) is 2.01. The summed E-state index contributed by atoms with van der Waals surface area (Å²) in [7, 11) is 0. The van der Waals surface area contributed by atoms with Crippen LogP contribution in [0.1, 0.15) is 43.0 Å². The van der Waals surface area contributed by atoms with Crippen LogP contribution in [0.15, 0.2) is 18.2 Å². The molecule has 0 saturated heterocycles. The van der Waals surface area contributed by atoms with Gasteiger partial charge in [-0.05, 0) is 47.6 Å². The highest BCUT2D eigenvalue weighted by Crippen LogP contribution is 2.21. The van der Waals surface area contributed by atoms with Gasteiger partial charge in [-0.15, -0.1) is 0 Å². The van der Waals surface area contributed by atoms with E-state index in [1.807, 2.05) is 0 Å². The second-order valence-electron chi connectivity index (χ2n) is 4.06. The lowest BCUT2D eigenvalue weighted by molar-refractivity contribution is -0.131.